The second-order valence-electron chi connectivity index (χ2n) is 7.74. The van der Waals surface area contributed by atoms with Crippen molar-refractivity contribution >= 4 is 31.1 Å². The van der Waals surface area contributed by atoms with E-state index in [-0.39, 0.29) is 41.3 Å². The topological polar surface area (TPSA) is 98.2 Å². The lowest BCUT2D eigenvalue weighted by Crippen LogP contribution is -2.29. The second-order valence-corrected chi connectivity index (χ2v) is 9.37. The number of hydrogen-bond donors (Lipinski definition) is 1. The number of imide groups is 1. The predicted molar refractivity (Wildman–Crippen MR) is 129 cm³/mol. The Hall–Kier alpha value is -3.13. The summed E-state index contributed by atoms with van der Waals surface area (Å²) in [6.45, 7) is 5.10. The number of halogens is 1. The lowest BCUT2D eigenvalue weighted by molar-refractivity contribution is 0.0640. The molecular weight excluding hydrogens is 474 g/mol. The van der Waals surface area contributed by atoms with Crippen LogP contribution < -0.4 is 4.74 Å². The summed E-state index contributed by atoms with van der Waals surface area (Å²) in [4.78, 5) is 31.8. The van der Waals surface area contributed by atoms with Crippen LogP contribution in [0.25, 0.3) is 10.9 Å². The zero-order chi connectivity index (χ0) is 24.9. The van der Waals surface area contributed by atoms with E-state index in [1.54, 1.807) is 12.1 Å². The standard InChI is InChI=1S/C25H26FN2O6P/c1-3-33-35(34-4-2)14-6-13-32-23-18-7-5-12-27-21(18)22(29)19-20(23)25(31)28(24(19)30)15-16-8-10-17(26)11-9-16/h5,7-12,29H,3-4,6,13-15H2,1-2H3. The monoisotopic (exact) mass is 500 g/mol. The van der Waals surface area contributed by atoms with Crippen LogP contribution >= 0.6 is 8.38 Å². The number of aromatic hydroxyl groups is 1. The Morgan fingerprint density at radius 2 is 1.71 bits per heavy atom. The molecule has 35 heavy (non-hydrogen) atoms. The van der Waals surface area contributed by atoms with Crippen molar-refractivity contribution < 1.29 is 32.9 Å². The van der Waals surface area contributed by atoms with Crippen LogP contribution in [0, 0.1) is 5.82 Å². The average Bonchev–Trinajstić information content (AvgIpc) is 3.10. The number of carbonyl (C=O) groups excluding carboxylic acids is 2. The van der Waals surface area contributed by atoms with Crippen LogP contribution in [0.4, 0.5) is 4.39 Å². The number of hydrogen-bond acceptors (Lipinski definition) is 7. The maximum absolute atomic E-state index is 13.4. The summed E-state index contributed by atoms with van der Waals surface area (Å²) in [5.74, 6) is -1.81. The molecule has 3 aromatic rings. The van der Waals surface area contributed by atoms with Gasteiger partial charge in [-0.1, -0.05) is 12.1 Å². The number of amides is 2. The molecule has 0 fully saturated rings. The Morgan fingerprint density at radius 3 is 2.40 bits per heavy atom. The summed E-state index contributed by atoms with van der Waals surface area (Å²) in [5.41, 5.74) is 0.624. The number of aromatic nitrogens is 1. The van der Waals surface area contributed by atoms with Crippen LogP contribution in [0.1, 0.15) is 46.5 Å². The zero-order valence-electron chi connectivity index (χ0n) is 19.5. The molecule has 10 heteroatoms. The van der Waals surface area contributed by atoms with Crippen molar-refractivity contribution in [1.29, 1.82) is 0 Å². The minimum absolute atomic E-state index is 0.00647. The van der Waals surface area contributed by atoms with E-state index in [1.807, 2.05) is 13.8 Å². The van der Waals surface area contributed by atoms with Gasteiger partial charge >= 0.3 is 0 Å². The molecule has 0 saturated carbocycles. The highest BCUT2D eigenvalue weighted by Gasteiger charge is 2.42. The Morgan fingerprint density at radius 1 is 1.03 bits per heavy atom. The molecule has 0 unspecified atom stereocenters. The van der Waals surface area contributed by atoms with Gasteiger partial charge in [0.25, 0.3) is 11.8 Å². The third-order valence-corrected chi connectivity index (χ3v) is 7.21. The first-order chi connectivity index (χ1) is 17.0. The Balaban J connectivity index is 1.64. The number of phenols is 1. The predicted octanol–water partition coefficient (Wildman–Crippen LogP) is 5.03. The number of ether oxygens (including phenoxy) is 1. The number of phenolic OH excluding ortho intramolecular Hbond substituents is 1. The third-order valence-electron chi connectivity index (χ3n) is 5.44. The number of benzene rings is 2. The van der Waals surface area contributed by atoms with E-state index in [4.69, 9.17) is 13.8 Å². The molecule has 1 aliphatic heterocycles. The molecule has 2 aromatic carbocycles. The van der Waals surface area contributed by atoms with Gasteiger partial charge < -0.3 is 18.9 Å². The molecule has 1 N–H and O–H groups in total. The maximum atomic E-state index is 13.4. The van der Waals surface area contributed by atoms with Crippen LogP contribution in [0.15, 0.2) is 42.6 Å². The first-order valence-electron chi connectivity index (χ1n) is 11.4. The third kappa shape index (κ3) is 5.12. The average molecular weight is 500 g/mol. The van der Waals surface area contributed by atoms with Gasteiger partial charge in [-0.25, -0.2) is 4.39 Å². The van der Waals surface area contributed by atoms with Crippen LogP contribution in [0.3, 0.4) is 0 Å². The van der Waals surface area contributed by atoms with Gasteiger partial charge in [-0.15, -0.1) is 0 Å². The summed E-state index contributed by atoms with van der Waals surface area (Å²) in [6, 6.07) is 8.88. The molecule has 1 aromatic heterocycles. The second kappa shape index (κ2) is 11.1. The quantitative estimate of drug-likeness (QED) is 0.224. The fourth-order valence-corrected chi connectivity index (χ4v) is 5.22. The van der Waals surface area contributed by atoms with Crippen molar-refractivity contribution in [3.8, 4) is 11.5 Å². The number of carbonyl (C=O) groups is 2. The van der Waals surface area contributed by atoms with Crippen LogP contribution in [-0.4, -0.2) is 52.8 Å². The first-order valence-corrected chi connectivity index (χ1v) is 12.7. The fraction of sp³-hybridized carbons (Fsp3) is 0.320. The molecule has 1 aliphatic rings. The van der Waals surface area contributed by atoms with Gasteiger partial charge in [-0.3, -0.25) is 19.5 Å². The summed E-state index contributed by atoms with van der Waals surface area (Å²) < 4.78 is 30.6. The van der Waals surface area contributed by atoms with Crippen LogP contribution in [0.5, 0.6) is 11.5 Å². The van der Waals surface area contributed by atoms with Crippen molar-refractivity contribution in [2.24, 2.45) is 0 Å². The van der Waals surface area contributed by atoms with E-state index in [1.165, 1.54) is 30.5 Å². The van der Waals surface area contributed by atoms with Gasteiger partial charge in [0.15, 0.2) is 14.1 Å². The highest BCUT2D eigenvalue weighted by atomic mass is 31.2. The molecular formula is C25H26FN2O6P. The van der Waals surface area contributed by atoms with Gasteiger partial charge in [0, 0.05) is 17.7 Å². The minimum Gasteiger partial charge on any atom is -0.505 e. The molecule has 8 nitrogen and oxygen atoms in total. The number of nitrogens with zero attached hydrogens (tertiary/aromatic N) is 2. The highest BCUT2D eigenvalue weighted by Crippen LogP contribution is 2.44. The van der Waals surface area contributed by atoms with Gasteiger partial charge in [-0.2, -0.15) is 0 Å². The van der Waals surface area contributed by atoms with Gasteiger partial charge in [-0.05, 0) is 50.1 Å². The summed E-state index contributed by atoms with van der Waals surface area (Å²) in [6.07, 6.45) is 2.74. The lowest BCUT2D eigenvalue weighted by atomic mass is 10.0. The largest absolute Gasteiger partial charge is 0.505 e. The number of fused-ring (bicyclic) bond motifs is 2. The molecule has 2 heterocycles. The van der Waals surface area contributed by atoms with Crippen molar-refractivity contribution in [3.63, 3.8) is 0 Å². The first kappa shape index (κ1) is 25.0. The fourth-order valence-electron chi connectivity index (χ4n) is 3.92. The Kier molecular flexibility index (Phi) is 7.90. The van der Waals surface area contributed by atoms with E-state index in [9.17, 15) is 19.1 Å². The van der Waals surface area contributed by atoms with Crippen LogP contribution in [0.2, 0.25) is 0 Å². The highest BCUT2D eigenvalue weighted by molar-refractivity contribution is 7.47. The van der Waals surface area contributed by atoms with E-state index < -0.39 is 26.0 Å². The maximum Gasteiger partial charge on any atom is 0.265 e. The molecule has 4 rings (SSSR count). The van der Waals surface area contributed by atoms with Crippen molar-refractivity contribution in [2.45, 2.75) is 26.8 Å². The number of rotatable bonds is 11. The summed E-state index contributed by atoms with van der Waals surface area (Å²) in [5, 5.41) is 11.3. The van der Waals surface area contributed by atoms with E-state index >= 15 is 0 Å². The molecule has 184 valence electrons. The smallest absolute Gasteiger partial charge is 0.265 e. The normalized spacial score (nSPS) is 13.2. The van der Waals surface area contributed by atoms with E-state index in [0.29, 0.717) is 36.7 Å². The molecule has 0 saturated heterocycles. The molecule has 2 amide bonds. The SMILES string of the molecule is CCOP(CCCOc1c2c(c(O)c3ncccc13)C(=O)N(Cc1ccc(F)cc1)C2=O)OCC. The Bertz CT molecular complexity index is 1230. The lowest BCUT2D eigenvalue weighted by Gasteiger charge is -2.17. The van der Waals surface area contributed by atoms with E-state index in [2.05, 4.69) is 4.98 Å². The Labute approximate surface area is 203 Å². The molecule has 0 radical (unpaired) electrons. The molecule has 0 spiro atoms. The van der Waals surface area contributed by atoms with Gasteiger partial charge in [0.2, 0.25) is 0 Å². The minimum atomic E-state index is -1.03. The zero-order valence-corrected chi connectivity index (χ0v) is 20.4. The molecule has 0 atom stereocenters. The van der Waals surface area contributed by atoms with E-state index in [0.717, 1.165) is 4.90 Å². The van der Waals surface area contributed by atoms with Crippen molar-refractivity contribution in [2.75, 3.05) is 26.0 Å². The molecule has 0 aliphatic carbocycles. The van der Waals surface area contributed by atoms with Crippen molar-refractivity contribution in [1.82, 2.24) is 9.88 Å². The van der Waals surface area contributed by atoms with Gasteiger partial charge in [0.1, 0.15) is 22.6 Å². The van der Waals surface area contributed by atoms with Crippen LogP contribution in [-0.2, 0) is 15.6 Å². The van der Waals surface area contributed by atoms with Gasteiger partial charge in [0.05, 0.1) is 31.9 Å². The summed E-state index contributed by atoms with van der Waals surface area (Å²) in [7, 11) is -1.03. The van der Waals surface area contributed by atoms with Crippen molar-refractivity contribution in [3.05, 3.63) is 65.1 Å². The molecule has 0 bridgehead atoms. The summed E-state index contributed by atoms with van der Waals surface area (Å²) >= 11 is 0. The number of pyridine rings is 1.